The van der Waals surface area contributed by atoms with Crippen molar-refractivity contribution in [3.63, 3.8) is 0 Å². The summed E-state index contributed by atoms with van der Waals surface area (Å²) in [7, 11) is 0. The number of aliphatic hydroxyl groups is 3. The van der Waals surface area contributed by atoms with Crippen molar-refractivity contribution in [2.75, 3.05) is 6.61 Å². The van der Waals surface area contributed by atoms with Crippen molar-refractivity contribution in [1.29, 1.82) is 0 Å². The van der Waals surface area contributed by atoms with Crippen LogP contribution in [-0.2, 0) is 4.74 Å². The van der Waals surface area contributed by atoms with Gasteiger partial charge in [-0.3, -0.25) is 0 Å². The molecule has 0 bridgehead atoms. The third-order valence-corrected chi connectivity index (χ3v) is 1.54. The second kappa shape index (κ2) is 2.81. The van der Waals surface area contributed by atoms with Gasteiger partial charge < -0.3 is 25.8 Å². The second-order valence-electron chi connectivity index (χ2n) is 2.35. The van der Waals surface area contributed by atoms with Crippen LogP contribution >= 0.6 is 0 Å². The highest BCUT2D eigenvalue weighted by molar-refractivity contribution is 4.83. The average molecular weight is 149 g/mol. The molecule has 0 unspecified atom stereocenters. The van der Waals surface area contributed by atoms with Crippen molar-refractivity contribution < 1.29 is 20.1 Å². The lowest BCUT2D eigenvalue weighted by Gasteiger charge is -2.32. The van der Waals surface area contributed by atoms with Crippen molar-refractivity contribution in [3.8, 4) is 0 Å². The predicted octanol–water partition coefficient (Wildman–Crippen LogP) is -2.62. The smallest absolute Gasteiger partial charge is 0.134 e. The number of ether oxygens (including phenoxy) is 1. The van der Waals surface area contributed by atoms with Gasteiger partial charge >= 0.3 is 0 Å². The summed E-state index contributed by atoms with van der Waals surface area (Å²) in [6.45, 7) is -0.0284. The summed E-state index contributed by atoms with van der Waals surface area (Å²) in [5.41, 5.74) is 5.19. The molecule has 5 heteroatoms. The SMILES string of the molecule is N[C@@H]1OC[C@@H](O)[C@@H](O)[C@@H]1O. The molecule has 1 aliphatic heterocycles. The van der Waals surface area contributed by atoms with Crippen molar-refractivity contribution in [2.24, 2.45) is 5.73 Å². The van der Waals surface area contributed by atoms with Crippen LogP contribution < -0.4 is 5.73 Å². The summed E-state index contributed by atoms with van der Waals surface area (Å²) < 4.78 is 4.69. The van der Waals surface area contributed by atoms with Gasteiger partial charge in [-0.15, -0.1) is 0 Å². The third-order valence-electron chi connectivity index (χ3n) is 1.54. The molecule has 0 aromatic heterocycles. The van der Waals surface area contributed by atoms with Gasteiger partial charge in [0.2, 0.25) is 0 Å². The fraction of sp³-hybridized carbons (Fsp3) is 1.00. The Bertz CT molecular complexity index is 106. The number of hydrogen-bond acceptors (Lipinski definition) is 5. The average Bonchev–Trinajstić information content (AvgIpc) is 1.93. The van der Waals surface area contributed by atoms with Crippen LogP contribution in [0.5, 0.6) is 0 Å². The van der Waals surface area contributed by atoms with Gasteiger partial charge in [0.25, 0.3) is 0 Å². The molecule has 4 atom stereocenters. The number of rotatable bonds is 0. The normalized spacial score (nSPS) is 49.2. The summed E-state index contributed by atoms with van der Waals surface area (Å²) in [6.07, 6.45) is -4.30. The Morgan fingerprint density at radius 2 is 1.80 bits per heavy atom. The van der Waals surface area contributed by atoms with Crippen LogP contribution in [0.4, 0.5) is 0 Å². The van der Waals surface area contributed by atoms with Crippen LogP contribution in [0.2, 0.25) is 0 Å². The highest BCUT2D eigenvalue weighted by Gasteiger charge is 2.35. The Hall–Kier alpha value is -0.200. The monoisotopic (exact) mass is 149 g/mol. The van der Waals surface area contributed by atoms with Crippen molar-refractivity contribution in [2.45, 2.75) is 24.5 Å². The van der Waals surface area contributed by atoms with E-state index in [-0.39, 0.29) is 6.61 Å². The largest absolute Gasteiger partial charge is 0.388 e. The lowest BCUT2D eigenvalue weighted by Crippen LogP contribution is -2.56. The number of hydrogen-bond donors (Lipinski definition) is 4. The molecule has 0 aromatic rings. The van der Waals surface area contributed by atoms with Crippen molar-refractivity contribution in [3.05, 3.63) is 0 Å². The molecule has 0 amide bonds. The first-order chi connectivity index (χ1) is 4.63. The molecule has 5 N–H and O–H groups in total. The molecule has 0 spiro atoms. The zero-order valence-corrected chi connectivity index (χ0v) is 5.34. The molecule has 0 aliphatic carbocycles. The van der Waals surface area contributed by atoms with Crippen LogP contribution in [0.1, 0.15) is 0 Å². The van der Waals surface area contributed by atoms with Gasteiger partial charge in [-0.1, -0.05) is 0 Å². The van der Waals surface area contributed by atoms with E-state index in [9.17, 15) is 0 Å². The molecule has 1 aliphatic rings. The third kappa shape index (κ3) is 1.28. The van der Waals surface area contributed by atoms with Crippen LogP contribution in [-0.4, -0.2) is 46.5 Å². The van der Waals surface area contributed by atoms with Crippen molar-refractivity contribution in [1.82, 2.24) is 0 Å². The molecular formula is C5H11NO4. The minimum absolute atomic E-state index is 0.0284. The lowest BCUT2D eigenvalue weighted by molar-refractivity contribution is -0.184. The van der Waals surface area contributed by atoms with E-state index >= 15 is 0 Å². The van der Waals surface area contributed by atoms with E-state index in [4.69, 9.17) is 25.8 Å². The molecule has 60 valence electrons. The van der Waals surface area contributed by atoms with Crippen LogP contribution in [0.25, 0.3) is 0 Å². The lowest BCUT2D eigenvalue weighted by atomic mass is 10.1. The maximum Gasteiger partial charge on any atom is 0.134 e. The van der Waals surface area contributed by atoms with Gasteiger partial charge in [0.15, 0.2) is 0 Å². The maximum atomic E-state index is 8.96. The Morgan fingerprint density at radius 1 is 1.20 bits per heavy atom. The Kier molecular flexibility index (Phi) is 2.22. The van der Waals surface area contributed by atoms with E-state index in [1.54, 1.807) is 0 Å². The molecule has 10 heavy (non-hydrogen) atoms. The Labute approximate surface area is 58.0 Å². The highest BCUT2D eigenvalue weighted by atomic mass is 16.5. The molecule has 1 fully saturated rings. The van der Waals surface area contributed by atoms with E-state index in [2.05, 4.69) is 0 Å². The Morgan fingerprint density at radius 3 is 2.30 bits per heavy atom. The molecule has 1 rings (SSSR count). The van der Waals surface area contributed by atoms with E-state index in [0.717, 1.165) is 0 Å². The molecular weight excluding hydrogens is 138 g/mol. The van der Waals surface area contributed by atoms with Crippen LogP contribution in [0.3, 0.4) is 0 Å². The first-order valence-electron chi connectivity index (χ1n) is 3.04. The minimum atomic E-state index is -1.19. The molecule has 1 heterocycles. The van der Waals surface area contributed by atoms with Gasteiger partial charge in [0.05, 0.1) is 6.61 Å². The first-order valence-corrected chi connectivity index (χ1v) is 3.04. The molecule has 0 saturated carbocycles. The summed E-state index contributed by atoms with van der Waals surface area (Å²) >= 11 is 0. The summed E-state index contributed by atoms with van der Waals surface area (Å²) in [5, 5.41) is 26.8. The fourth-order valence-corrected chi connectivity index (χ4v) is 0.829. The number of aliphatic hydroxyl groups excluding tert-OH is 3. The summed E-state index contributed by atoms with van der Waals surface area (Å²) in [4.78, 5) is 0. The van der Waals surface area contributed by atoms with E-state index < -0.39 is 24.5 Å². The van der Waals surface area contributed by atoms with Crippen LogP contribution in [0, 0.1) is 0 Å². The fourth-order valence-electron chi connectivity index (χ4n) is 0.829. The van der Waals surface area contributed by atoms with Gasteiger partial charge in [-0.2, -0.15) is 0 Å². The first kappa shape index (κ1) is 7.90. The molecule has 0 aromatic carbocycles. The molecule has 5 nitrogen and oxygen atoms in total. The molecule has 0 radical (unpaired) electrons. The highest BCUT2D eigenvalue weighted by Crippen LogP contribution is 2.11. The predicted molar refractivity (Wildman–Crippen MR) is 31.9 cm³/mol. The van der Waals surface area contributed by atoms with E-state index in [0.29, 0.717) is 0 Å². The number of nitrogens with two attached hydrogens (primary N) is 1. The van der Waals surface area contributed by atoms with Crippen molar-refractivity contribution >= 4 is 0 Å². The maximum absolute atomic E-state index is 8.96. The van der Waals surface area contributed by atoms with Crippen LogP contribution in [0.15, 0.2) is 0 Å². The van der Waals surface area contributed by atoms with E-state index in [1.165, 1.54) is 0 Å². The molecule has 1 saturated heterocycles. The Balaban J connectivity index is 2.52. The van der Waals surface area contributed by atoms with Gasteiger partial charge in [0.1, 0.15) is 24.5 Å². The van der Waals surface area contributed by atoms with E-state index in [1.807, 2.05) is 0 Å². The standard InChI is InChI=1S/C5H11NO4/c6-5-4(9)3(8)2(7)1-10-5/h2-5,7-9H,1,6H2/t2-,3-,4+,5-/m1/s1. The quantitative estimate of drug-likeness (QED) is 0.302. The summed E-state index contributed by atoms with van der Waals surface area (Å²) in [6, 6.07) is 0. The zero-order chi connectivity index (χ0) is 7.72. The van der Waals surface area contributed by atoms with Gasteiger partial charge in [-0.05, 0) is 0 Å². The second-order valence-corrected chi connectivity index (χ2v) is 2.35. The van der Waals surface area contributed by atoms with Gasteiger partial charge in [0, 0.05) is 0 Å². The minimum Gasteiger partial charge on any atom is -0.388 e. The van der Waals surface area contributed by atoms with Gasteiger partial charge in [-0.25, -0.2) is 0 Å². The summed E-state index contributed by atoms with van der Waals surface area (Å²) in [5.74, 6) is 0. The topological polar surface area (TPSA) is 95.9 Å². The zero-order valence-electron chi connectivity index (χ0n) is 5.34.